The highest BCUT2D eigenvalue weighted by atomic mass is 19.1. The Kier molecular flexibility index (Phi) is 2.88. The van der Waals surface area contributed by atoms with Crippen molar-refractivity contribution in [3.8, 4) is 0 Å². The lowest BCUT2D eigenvalue weighted by molar-refractivity contribution is -0.141. The van der Waals surface area contributed by atoms with Gasteiger partial charge in [-0.1, -0.05) is 0 Å². The van der Waals surface area contributed by atoms with Crippen LogP contribution in [0.25, 0.3) is 10.9 Å². The fourth-order valence-electron chi connectivity index (χ4n) is 1.99. The van der Waals surface area contributed by atoms with Gasteiger partial charge in [0.05, 0.1) is 7.11 Å². The van der Waals surface area contributed by atoms with E-state index in [0.29, 0.717) is 5.56 Å². The van der Waals surface area contributed by atoms with Gasteiger partial charge in [0, 0.05) is 16.6 Å². The average molecular weight is 235 g/mol. The van der Waals surface area contributed by atoms with E-state index in [1.807, 2.05) is 17.6 Å². The molecule has 0 aliphatic carbocycles. The van der Waals surface area contributed by atoms with Gasteiger partial charge in [-0.25, -0.2) is 4.39 Å². The number of hydrogen-bond acceptors (Lipinski definition) is 2. The van der Waals surface area contributed by atoms with E-state index in [9.17, 15) is 9.18 Å². The van der Waals surface area contributed by atoms with Crippen molar-refractivity contribution in [2.45, 2.75) is 20.4 Å². The van der Waals surface area contributed by atoms with Crippen LogP contribution in [-0.2, 0) is 16.1 Å². The predicted molar refractivity (Wildman–Crippen MR) is 63.4 cm³/mol. The van der Waals surface area contributed by atoms with Crippen molar-refractivity contribution < 1.29 is 13.9 Å². The summed E-state index contributed by atoms with van der Waals surface area (Å²) in [6, 6.07) is 5.00. The van der Waals surface area contributed by atoms with Gasteiger partial charge in [0.2, 0.25) is 0 Å². The summed E-state index contributed by atoms with van der Waals surface area (Å²) in [5, 5.41) is 0.839. The zero-order chi connectivity index (χ0) is 12.6. The predicted octanol–water partition coefficient (Wildman–Crippen LogP) is 2.57. The lowest BCUT2D eigenvalue weighted by atomic mass is 10.1. The normalized spacial score (nSPS) is 10.8. The molecule has 0 bridgehead atoms. The van der Waals surface area contributed by atoms with Crippen LogP contribution < -0.4 is 0 Å². The van der Waals surface area contributed by atoms with Gasteiger partial charge in [-0.2, -0.15) is 0 Å². The van der Waals surface area contributed by atoms with Crippen molar-refractivity contribution >= 4 is 16.9 Å². The fourth-order valence-corrected chi connectivity index (χ4v) is 1.99. The third-order valence-corrected chi connectivity index (χ3v) is 3.01. The van der Waals surface area contributed by atoms with Gasteiger partial charge in [-0.3, -0.25) is 4.79 Å². The average Bonchev–Trinajstić information content (AvgIpc) is 2.62. The molecule has 0 N–H and O–H groups in total. The molecular formula is C13H14FNO2. The SMILES string of the molecule is COC(=O)Cn1c(C)cc2c(C)c(F)ccc21. The molecule has 0 saturated heterocycles. The third kappa shape index (κ3) is 1.90. The number of methoxy groups -OCH3 is 1. The zero-order valence-corrected chi connectivity index (χ0v) is 10.1. The van der Waals surface area contributed by atoms with Crippen LogP contribution >= 0.6 is 0 Å². The van der Waals surface area contributed by atoms with E-state index in [-0.39, 0.29) is 18.3 Å². The molecule has 0 spiro atoms. The summed E-state index contributed by atoms with van der Waals surface area (Å²) in [5.74, 6) is -0.541. The van der Waals surface area contributed by atoms with E-state index in [2.05, 4.69) is 4.74 Å². The van der Waals surface area contributed by atoms with Crippen molar-refractivity contribution in [3.63, 3.8) is 0 Å². The minimum absolute atomic E-state index is 0.150. The number of esters is 1. The molecule has 0 fully saturated rings. The smallest absolute Gasteiger partial charge is 0.325 e. The maximum atomic E-state index is 13.4. The van der Waals surface area contributed by atoms with E-state index < -0.39 is 0 Å². The Morgan fingerprint density at radius 3 is 2.76 bits per heavy atom. The summed E-state index contributed by atoms with van der Waals surface area (Å²) in [6.07, 6.45) is 0. The quantitative estimate of drug-likeness (QED) is 0.749. The van der Waals surface area contributed by atoms with Crippen LogP contribution in [0.1, 0.15) is 11.3 Å². The van der Waals surface area contributed by atoms with E-state index in [1.54, 1.807) is 13.0 Å². The first kappa shape index (κ1) is 11.6. The molecule has 17 heavy (non-hydrogen) atoms. The van der Waals surface area contributed by atoms with Crippen LogP contribution in [0.3, 0.4) is 0 Å². The number of nitrogens with zero attached hydrogens (tertiary/aromatic N) is 1. The fraction of sp³-hybridized carbons (Fsp3) is 0.308. The lowest BCUT2D eigenvalue weighted by Gasteiger charge is -2.07. The van der Waals surface area contributed by atoms with Crippen LogP contribution in [0, 0.1) is 19.7 Å². The molecule has 4 heteroatoms. The summed E-state index contributed by atoms with van der Waals surface area (Å²) in [4.78, 5) is 11.3. The van der Waals surface area contributed by atoms with Gasteiger partial charge in [0.15, 0.2) is 0 Å². The minimum atomic E-state index is -0.312. The molecule has 0 radical (unpaired) electrons. The van der Waals surface area contributed by atoms with Gasteiger partial charge < -0.3 is 9.30 Å². The molecule has 1 aromatic heterocycles. The standard InChI is InChI=1S/C13H14FNO2/c1-8-6-10-9(2)11(14)4-5-12(10)15(8)7-13(16)17-3/h4-6H,7H2,1-3H3. The Morgan fingerprint density at radius 1 is 1.41 bits per heavy atom. The summed E-state index contributed by atoms with van der Waals surface area (Å²) < 4.78 is 19.9. The minimum Gasteiger partial charge on any atom is -0.468 e. The first-order valence-electron chi connectivity index (χ1n) is 5.36. The van der Waals surface area contributed by atoms with Crippen molar-refractivity contribution in [1.82, 2.24) is 4.57 Å². The van der Waals surface area contributed by atoms with Crippen LogP contribution in [0.5, 0.6) is 0 Å². The van der Waals surface area contributed by atoms with E-state index >= 15 is 0 Å². The molecule has 0 saturated carbocycles. The van der Waals surface area contributed by atoms with E-state index in [0.717, 1.165) is 16.6 Å². The number of carbonyl (C=O) groups is 1. The van der Waals surface area contributed by atoms with Gasteiger partial charge in [-0.05, 0) is 37.6 Å². The van der Waals surface area contributed by atoms with Crippen LogP contribution in [0.4, 0.5) is 4.39 Å². The first-order chi connectivity index (χ1) is 8.04. The van der Waals surface area contributed by atoms with Gasteiger partial charge in [-0.15, -0.1) is 0 Å². The molecule has 0 atom stereocenters. The molecule has 1 heterocycles. The largest absolute Gasteiger partial charge is 0.468 e. The van der Waals surface area contributed by atoms with Gasteiger partial charge >= 0.3 is 5.97 Å². The molecule has 0 unspecified atom stereocenters. The summed E-state index contributed by atoms with van der Waals surface area (Å²) in [5.41, 5.74) is 2.38. The maximum absolute atomic E-state index is 13.4. The molecule has 0 aliphatic rings. The van der Waals surface area contributed by atoms with Crippen LogP contribution in [0.2, 0.25) is 0 Å². The summed E-state index contributed by atoms with van der Waals surface area (Å²) in [6.45, 7) is 3.77. The number of halogens is 1. The molecule has 0 aliphatic heterocycles. The molecule has 2 rings (SSSR count). The zero-order valence-electron chi connectivity index (χ0n) is 10.1. The molecule has 1 aromatic carbocycles. The highest BCUT2D eigenvalue weighted by molar-refractivity contribution is 5.86. The second-order valence-corrected chi connectivity index (χ2v) is 4.05. The molecule has 3 nitrogen and oxygen atoms in total. The monoisotopic (exact) mass is 235 g/mol. The van der Waals surface area contributed by atoms with Crippen molar-refractivity contribution in [2.75, 3.05) is 7.11 Å². The molecular weight excluding hydrogens is 221 g/mol. The van der Waals surface area contributed by atoms with E-state index in [4.69, 9.17) is 0 Å². The summed E-state index contributed by atoms with van der Waals surface area (Å²) >= 11 is 0. The Bertz CT molecular complexity index is 587. The number of carbonyl (C=O) groups excluding carboxylic acids is 1. The lowest BCUT2D eigenvalue weighted by Crippen LogP contribution is -2.12. The molecule has 0 amide bonds. The Labute approximate surface area is 98.8 Å². The Balaban J connectivity index is 2.60. The van der Waals surface area contributed by atoms with Crippen LogP contribution in [-0.4, -0.2) is 17.6 Å². The number of aryl methyl sites for hydroxylation is 2. The molecule has 2 aromatic rings. The van der Waals surface area contributed by atoms with Crippen molar-refractivity contribution in [2.24, 2.45) is 0 Å². The van der Waals surface area contributed by atoms with Gasteiger partial charge in [0.25, 0.3) is 0 Å². The van der Waals surface area contributed by atoms with Gasteiger partial charge in [0.1, 0.15) is 12.4 Å². The number of hydrogen-bond donors (Lipinski definition) is 0. The first-order valence-corrected chi connectivity index (χ1v) is 5.36. The van der Waals surface area contributed by atoms with E-state index in [1.165, 1.54) is 13.2 Å². The number of fused-ring (bicyclic) bond motifs is 1. The topological polar surface area (TPSA) is 31.2 Å². The number of aromatic nitrogens is 1. The van der Waals surface area contributed by atoms with Crippen molar-refractivity contribution in [3.05, 3.63) is 35.3 Å². The number of benzene rings is 1. The Morgan fingerprint density at radius 2 is 2.12 bits per heavy atom. The highest BCUT2D eigenvalue weighted by Gasteiger charge is 2.12. The highest BCUT2D eigenvalue weighted by Crippen LogP contribution is 2.24. The Hall–Kier alpha value is -1.84. The third-order valence-electron chi connectivity index (χ3n) is 3.01. The molecule has 90 valence electrons. The number of rotatable bonds is 2. The number of ether oxygens (including phenoxy) is 1. The second kappa shape index (κ2) is 4.20. The maximum Gasteiger partial charge on any atom is 0.325 e. The van der Waals surface area contributed by atoms with Crippen LogP contribution in [0.15, 0.2) is 18.2 Å². The second-order valence-electron chi connectivity index (χ2n) is 4.05. The summed E-state index contributed by atoms with van der Waals surface area (Å²) in [7, 11) is 1.36. The van der Waals surface area contributed by atoms with Crippen molar-refractivity contribution in [1.29, 1.82) is 0 Å².